The highest BCUT2D eigenvalue weighted by molar-refractivity contribution is 5.92. The Morgan fingerprint density at radius 1 is 1.00 bits per heavy atom. The Balaban J connectivity index is 2.00. The molecule has 110 valence electrons. The zero-order valence-electron chi connectivity index (χ0n) is 12.5. The number of nitrogens with zero attached hydrogens (tertiary/aromatic N) is 2. The molecule has 0 spiro atoms. The van der Waals surface area contributed by atoms with Crippen LogP contribution in [0.15, 0.2) is 42.5 Å². The average Bonchev–Trinajstić information content (AvgIpc) is 2.48. The molecule has 0 aliphatic carbocycles. The molecule has 2 N–H and O–H groups in total. The van der Waals surface area contributed by atoms with Crippen molar-refractivity contribution in [3.63, 3.8) is 0 Å². The number of aromatic nitrogens is 2. The summed E-state index contributed by atoms with van der Waals surface area (Å²) in [5, 5.41) is 14.0. The molecule has 1 unspecified atom stereocenters. The van der Waals surface area contributed by atoms with Crippen LogP contribution < -0.4 is 10.6 Å². The molecule has 1 atom stereocenters. The SMILES string of the molecule is CC(C)Nc1ccc(C(=O)NC(C)c2ccccc2)nn1. The van der Waals surface area contributed by atoms with Crippen LogP contribution in [0.25, 0.3) is 0 Å². The van der Waals surface area contributed by atoms with E-state index in [1.807, 2.05) is 51.1 Å². The maximum absolute atomic E-state index is 12.1. The van der Waals surface area contributed by atoms with Gasteiger partial charge >= 0.3 is 0 Å². The highest BCUT2D eigenvalue weighted by atomic mass is 16.2. The summed E-state index contributed by atoms with van der Waals surface area (Å²) >= 11 is 0. The summed E-state index contributed by atoms with van der Waals surface area (Å²) in [7, 11) is 0. The first-order chi connectivity index (χ1) is 10.1. The second kappa shape index (κ2) is 6.83. The number of rotatable bonds is 5. The second-order valence-electron chi connectivity index (χ2n) is 5.21. The highest BCUT2D eigenvalue weighted by Gasteiger charge is 2.13. The Kier molecular flexibility index (Phi) is 4.87. The van der Waals surface area contributed by atoms with Gasteiger partial charge in [-0.2, -0.15) is 0 Å². The molecule has 2 aromatic rings. The van der Waals surface area contributed by atoms with Gasteiger partial charge in [-0.3, -0.25) is 4.79 Å². The molecule has 5 heteroatoms. The quantitative estimate of drug-likeness (QED) is 0.886. The molecule has 1 heterocycles. The predicted molar refractivity (Wildman–Crippen MR) is 83.1 cm³/mol. The smallest absolute Gasteiger partial charge is 0.272 e. The Labute approximate surface area is 124 Å². The van der Waals surface area contributed by atoms with Crippen LogP contribution in [0.4, 0.5) is 5.82 Å². The van der Waals surface area contributed by atoms with Crippen LogP contribution in [0.5, 0.6) is 0 Å². The second-order valence-corrected chi connectivity index (χ2v) is 5.21. The molecule has 0 bridgehead atoms. The zero-order valence-corrected chi connectivity index (χ0v) is 12.5. The number of carbonyl (C=O) groups is 1. The maximum atomic E-state index is 12.1. The van der Waals surface area contributed by atoms with Crippen molar-refractivity contribution in [1.29, 1.82) is 0 Å². The van der Waals surface area contributed by atoms with E-state index in [2.05, 4.69) is 20.8 Å². The van der Waals surface area contributed by atoms with E-state index in [1.54, 1.807) is 12.1 Å². The van der Waals surface area contributed by atoms with Gasteiger partial charge in [-0.25, -0.2) is 0 Å². The Morgan fingerprint density at radius 2 is 1.71 bits per heavy atom. The van der Waals surface area contributed by atoms with Crippen LogP contribution in [0.1, 0.15) is 42.9 Å². The topological polar surface area (TPSA) is 66.9 Å². The van der Waals surface area contributed by atoms with E-state index >= 15 is 0 Å². The Bertz CT molecular complexity index is 581. The van der Waals surface area contributed by atoms with E-state index < -0.39 is 0 Å². The monoisotopic (exact) mass is 284 g/mol. The van der Waals surface area contributed by atoms with Crippen LogP contribution in [0.2, 0.25) is 0 Å². The summed E-state index contributed by atoms with van der Waals surface area (Å²) in [5.41, 5.74) is 1.36. The van der Waals surface area contributed by atoms with E-state index in [1.165, 1.54) is 0 Å². The molecule has 5 nitrogen and oxygen atoms in total. The van der Waals surface area contributed by atoms with E-state index in [-0.39, 0.29) is 18.0 Å². The van der Waals surface area contributed by atoms with Crippen molar-refractivity contribution in [2.24, 2.45) is 0 Å². The minimum Gasteiger partial charge on any atom is -0.366 e. The lowest BCUT2D eigenvalue weighted by molar-refractivity contribution is 0.0934. The maximum Gasteiger partial charge on any atom is 0.272 e. The van der Waals surface area contributed by atoms with Crippen LogP contribution in [0.3, 0.4) is 0 Å². The number of nitrogens with one attached hydrogen (secondary N) is 2. The molecule has 0 saturated heterocycles. The summed E-state index contributed by atoms with van der Waals surface area (Å²) in [6.07, 6.45) is 0. The molecule has 2 rings (SSSR count). The normalized spacial score (nSPS) is 12.0. The van der Waals surface area contributed by atoms with E-state index in [9.17, 15) is 4.79 Å². The van der Waals surface area contributed by atoms with E-state index in [4.69, 9.17) is 0 Å². The number of anilines is 1. The fraction of sp³-hybridized carbons (Fsp3) is 0.312. The van der Waals surface area contributed by atoms with Crippen molar-refractivity contribution in [1.82, 2.24) is 15.5 Å². The standard InChI is InChI=1S/C16H20N4O/c1-11(2)17-15-10-9-14(19-20-15)16(21)18-12(3)13-7-5-4-6-8-13/h4-12H,1-3H3,(H,17,20)(H,18,21). The predicted octanol–water partition coefficient (Wildman–Crippen LogP) is 2.79. The van der Waals surface area contributed by atoms with Gasteiger partial charge in [0.15, 0.2) is 5.69 Å². The third-order valence-electron chi connectivity index (χ3n) is 2.98. The highest BCUT2D eigenvalue weighted by Crippen LogP contribution is 2.12. The summed E-state index contributed by atoms with van der Waals surface area (Å²) in [4.78, 5) is 12.1. The first kappa shape index (κ1) is 15.0. The Morgan fingerprint density at radius 3 is 2.29 bits per heavy atom. The van der Waals surface area contributed by atoms with Gasteiger partial charge in [0.2, 0.25) is 0 Å². The van der Waals surface area contributed by atoms with Crippen LogP contribution in [-0.4, -0.2) is 22.1 Å². The van der Waals surface area contributed by atoms with Crippen molar-refractivity contribution in [3.8, 4) is 0 Å². The van der Waals surface area contributed by atoms with Crippen LogP contribution in [0, 0.1) is 0 Å². The van der Waals surface area contributed by atoms with Gasteiger partial charge in [0, 0.05) is 6.04 Å². The van der Waals surface area contributed by atoms with E-state index in [0.717, 1.165) is 5.56 Å². The molecule has 0 fully saturated rings. The van der Waals surface area contributed by atoms with Gasteiger partial charge in [-0.05, 0) is 38.5 Å². The molecule has 21 heavy (non-hydrogen) atoms. The van der Waals surface area contributed by atoms with Crippen LogP contribution in [-0.2, 0) is 0 Å². The minimum atomic E-state index is -0.227. The molecule has 0 aliphatic rings. The third-order valence-corrected chi connectivity index (χ3v) is 2.98. The van der Waals surface area contributed by atoms with Gasteiger partial charge in [0.05, 0.1) is 6.04 Å². The zero-order chi connectivity index (χ0) is 15.2. The van der Waals surface area contributed by atoms with Gasteiger partial charge in [0.25, 0.3) is 5.91 Å². The lowest BCUT2D eigenvalue weighted by atomic mass is 10.1. The number of amides is 1. The lowest BCUT2D eigenvalue weighted by Gasteiger charge is -2.14. The van der Waals surface area contributed by atoms with Gasteiger partial charge in [-0.1, -0.05) is 30.3 Å². The third kappa shape index (κ3) is 4.27. The number of carbonyl (C=O) groups excluding carboxylic acids is 1. The number of benzene rings is 1. The van der Waals surface area contributed by atoms with Crippen molar-refractivity contribution in [2.75, 3.05) is 5.32 Å². The van der Waals surface area contributed by atoms with Gasteiger partial charge in [-0.15, -0.1) is 10.2 Å². The number of hydrogen-bond donors (Lipinski definition) is 2. The van der Waals surface area contributed by atoms with E-state index in [0.29, 0.717) is 11.5 Å². The number of hydrogen-bond acceptors (Lipinski definition) is 4. The van der Waals surface area contributed by atoms with Crippen LogP contribution >= 0.6 is 0 Å². The average molecular weight is 284 g/mol. The molecule has 0 saturated carbocycles. The first-order valence-corrected chi connectivity index (χ1v) is 7.02. The largest absolute Gasteiger partial charge is 0.366 e. The lowest BCUT2D eigenvalue weighted by Crippen LogP contribution is -2.27. The minimum absolute atomic E-state index is 0.0750. The molecular formula is C16H20N4O. The van der Waals surface area contributed by atoms with Crippen molar-refractivity contribution in [3.05, 3.63) is 53.7 Å². The van der Waals surface area contributed by atoms with Gasteiger partial charge < -0.3 is 10.6 Å². The van der Waals surface area contributed by atoms with Crippen molar-refractivity contribution < 1.29 is 4.79 Å². The summed E-state index contributed by atoms with van der Waals surface area (Å²) in [6.45, 7) is 5.98. The fourth-order valence-corrected chi connectivity index (χ4v) is 1.92. The summed E-state index contributed by atoms with van der Waals surface area (Å²) in [5.74, 6) is 0.438. The Hall–Kier alpha value is -2.43. The molecule has 1 aromatic carbocycles. The van der Waals surface area contributed by atoms with Crippen molar-refractivity contribution in [2.45, 2.75) is 32.9 Å². The molecule has 0 radical (unpaired) electrons. The van der Waals surface area contributed by atoms with Crippen molar-refractivity contribution >= 4 is 11.7 Å². The molecule has 0 aliphatic heterocycles. The molecule has 1 amide bonds. The fourth-order valence-electron chi connectivity index (χ4n) is 1.92. The molecule has 1 aromatic heterocycles. The summed E-state index contributed by atoms with van der Waals surface area (Å²) in [6, 6.07) is 13.4. The first-order valence-electron chi connectivity index (χ1n) is 7.02. The summed E-state index contributed by atoms with van der Waals surface area (Å²) < 4.78 is 0. The molecular weight excluding hydrogens is 264 g/mol. The van der Waals surface area contributed by atoms with Gasteiger partial charge in [0.1, 0.15) is 5.82 Å².